The molecule has 3 aromatic rings. The Hall–Kier alpha value is -2.82. The van der Waals surface area contributed by atoms with Crippen LogP contribution in [0.3, 0.4) is 0 Å². The number of pyridine rings is 1. The Balaban J connectivity index is 1.72. The molecule has 35 heavy (non-hydrogen) atoms. The summed E-state index contributed by atoms with van der Waals surface area (Å²) < 4.78 is 41.1. The maximum absolute atomic E-state index is 14.9. The van der Waals surface area contributed by atoms with Gasteiger partial charge in [-0.05, 0) is 43.6 Å². The number of hydrogen-bond acceptors (Lipinski definition) is 5. The molecule has 0 aliphatic rings. The molecule has 0 fully saturated rings. The molecule has 0 aliphatic heterocycles. The van der Waals surface area contributed by atoms with Crippen LogP contribution in [-0.4, -0.2) is 46.0 Å². The van der Waals surface area contributed by atoms with Crippen LogP contribution in [0.2, 0.25) is 0 Å². The van der Waals surface area contributed by atoms with Crippen LogP contribution in [-0.2, 0) is 4.74 Å². The zero-order valence-electron chi connectivity index (χ0n) is 20.5. The number of aromatic nitrogens is 2. The van der Waals surface area contributed by atoms with E-state index >= 15 is 0 Å². The molecule has 0 spiro atoms. The number of nitrogens with one attached hydrogen (secondary N) is 3. The molecular weight excluding hydrogens is 474 g/mol. The van der Waals surface area contributed by atoms with Crippen molar-refractivity contribution in [1.82, 2.24) is 15.3 Å². The van der Waals surface area contributed by atoms with Gasteiger partial charge in [0, 0.05) is 42.2 Å². The van der Waals surface area contributed by atoms with Gasteiger partial charge in [-0.1, -0.05) is 20.8 Å². The molecule has 1 aromatic carbocycles. The topological polar surface area (TPSA) is 91.4 Å². The lowest BCUT2D eigenvalue weighted by Crippen LogP contribution is -2.43. The van der Waals surface area contributed by atoms with Gasteiger partial charge >= 0.3 is 0 Å². The van der Waals surface area contributed by atoms with Crippen molar-refractivity contribution in [2.45, 2.75) is 46.6 Å². The molecule has 1 unspecified atom stereocenters. The van der Waals surface area contributed by atoms with E-state index in [0.29, 0.717) is 29.9 Å². The first-order valence-corrected chi connectivity index (χ1v) is 11.8. The van der Waals surface area contributed by atoms with Gasteiger partial charge in [-0.15, -0.1) is 0 Å². The van der Waals surface area contributed by atoms with E-state index in [1.807, 2.05) is 40.8 Å². The van der Waals surface area contributed by atoms with E-state index in [9.17, 15) is 13.9 Å². The number of rotatable bonds is 10. The Morgan fingerprint density at radius 2 is 1.91 bits per heavy atom. The predicted molar refractivity (Wildman–Crippen MR) is 137 cm³/mol. The van der Waals surface area contributed by atoms with E-state index in [0.717, 1.165) is 17.7 Å². The molecule has 2 heterocycles. The monoisotopic (exact) mass is 506 g/mol. The predicted octanol–water partition coefficient (Wildman–Crippen LogP) is 5.47. The van der Waals surface area contributed by atoms with E-state index in [4.69, 9.17) is 21.7 Å². The third kappa shape index (κ3) is 6.65. The molecule has 4 N–H and O–H groups in total. The molecule has 0 aliphatic carbocycles. The van der Waals surface area contributed by atoms with E-state index in [2.05, 4.69) is 20.6 Å². The van der Waals surface area contributed by atoms with Gasteiger partial charge < -0.3 is 30.2 Å². The number of halogens is 2. The van der Waals surface area contributed by atoms with Crippen molar-refractivity contribution in [2.75, 3.05) is 25.1 Å². The molecule has 3 rings (SSSR count). The zero-order valence-corrected chi connectivity index (χ0v) is 21.4. The molecule has 7 nitrogen and oxygen atoms in total. The fourth-order valence-corrected chi connectivity index (χ4v) is 3.61. The van der Waals surface area contributed by atoms with Crippen molar-refractivity contribution in [3.63, 3.8) is 0 Å². The molecule has 2 aromatic heterocycles. The third-order valence-corrected chi connectivity index (χ3v) is 5.72. The summed E-state index contributed by atoms with van der Waals surface area (Å²) in [6.45, 7) is 10.2. The van der Waals surface area contributed by atoms with Gasteiger partial charge in [-0.3, -0.25) is 0 Å². The summed E-state index contributed by atoms with van der Waals surface area (Å²) in [6.07, 6.45) is 3.36. The first-order valence-electron chi connectivity index (χ1n) is 11.4. The van der Waals surface area contributed by atoms with E-state index in [1.165, 1.54) is 6.20 Å². The van der Waals surface area contributed by atoms with Crippen LogP contribution >= 0.6 is 12.2 Å². The summed E-state index contributed by atoms with van der Waals surface area (Å²) in [6, 6.07) is 3.80. The van der Waals surface area contributed by atoms with Crippen LogP contribution in [0.4, 0.5) is 14.5 Å². The van der Waals surface area contributed by atoms with Gasteiger partial charge in [0.1, 0.15) is 11.4 Å². The second-order valence-electron chi connectivity index (χ2n) is 9.44. The summed E-state index contributed by atoms with van der Waals surface area (Å²) >= 11 is 5.26. The number of thiocarbonyl (C=S) groups is 1. The fraction of sp³-hybridized carbons (Fsp3) is 0.440. The van der Waals surface area contributed by atoms with E-state index in [-0.39, 0.29) is 29.4 Å². The molecule has 0 amide bonds. The van der Waals surface area contributed by atoms with Crippen molar-refractivity contribution < 1.29 is 23.4 Å². The van der Waals surface area contributed by atoms with Crippen LogP contribution in [0.15, 0.2) is 30.6 Å². The van der Waals surface area contributed by atoms with Crippen LogP contribution in [0.25, 0.3) is 11.0 Å². The number of aromatic amines is 1. The molecule has 0 radical (unpaired) electrons. The molecule has 190 valence electrons. The van der Waals surface area contributed by atoms with Crippen LogP contribution in [0, 0.1) is 17.0 Å². The third-order valence-electron chi connectivity index (χ3n) is 5.48. The molecule has 0 saturated carbocycles. The van der Waals surface area contributed by atoms with Crippen LogP contribution in [0.1, 0.15) is 46.1 Å². The van der Waals surface area contributed by atoms with E-state index < -0.39 is 22.8 Å². The summed E-state index contributed by atoms with van der Waals surface area (Å²) in [5.74, 6) is -1.81. The number of anilines is 1. The highest BCUT2D eigenvalue weighted by atomic mass is 32.1. The molecular formula is C25H32F2N4O3S. The highest BCUT2D eigenvalue weighted by Gasteiger charge is 2.25. The molecule has 10 heteroatoms. The maximum atomic E-state index is 14.9. The number of H-pyrrole nitrogens is 1. The van der Waals surface area contributed by atoms with Crippen molar-refractivity contribution in [1.29, 1.82) is 0 Å². The van der Waals surface area contributed by atoms with Gasteiger partial charge in [0.05, 0.1) is 24.7 Å². The number of aliphatic hydroxyl groups is 1. The quantitative estimate of drug-likeness (QED) is 0.271. The van der Waals surface area contributed by atoms with Crippen molar-refractivity contribution in [3.05, 3.63) is 47.8 Å². The lowest BCUT2D eigenvalue weighted by Gasteiger charge is -2.29. The average Bonchev–Trinajstić information content (AvgIpc) is 3.24. The molecule has 0 saturated heterocycles. The maximum Gasteiger partial charge on any atom is 0.198 e. The minimum atomic E-state index is -0.882. The minimum absolute atomic E-state index is 0.0232. The minimum Gasteiger partial charge on any atom is -0.450 e. The zero-order chi connectivity index (χ0) is 25.8. The SMILES string of the molecule is CC(C)OCC(C)(CO)CNC(=S)Nc1cc(F)c(Oc2ccnc3[nH]cc(C(C)C)c23)c(F)c1. The lowest BCUT2D eigenvalue weighted by atomic mass is 9.93. The normalized spacial score (nSPS) is 13.3. The lowest BCUT2D eigenvalue weighted by molar-refractivity contribution is -0.00872. The van der Waals surface area contributed by atoms with E-state index in [1.54, 1.807) is 6.07 Å². The van der Waals surface area contributed by atoms with Gasteiger partial charge in [0.2, 0.25) is 0 Å². The van der Waals surface area contributed by atoms with Crippen molar-refractivity contribution in [3.8, 4) is 11.5 Å². The summed E-state index contributed by atoms with van der Waals surface area (Å²) in [5.41, 5.74) is 1.06. The summed E-state index contributed by atoms with van der Waals surface area (Å²) in [7, 11) is 0. The Morgan fingerprint density at radius 3 is 2.51 bits per heavy atom. The van der Waals surface area contributed by atoms with Crippen molar-refractivity contribution >= 4 is 34.1 Å². The highest BCUT2D eigenvalue weighted by Crippen LogP contribution is 2.37. The Labute approximate surface area is 209 Å². The number of fused-ring (bicyclic) bond motifs is 1. The Morgan fingerprint density at radius 1 is 1.23 bits per heavy atom. The van der Waals surface area contributed by atoms with Gasteiger partial charge in [-0.25, -0.2) is 13.8 Å². The average molecular weight is 507 g/mol. The summed E-state index contributed by atoms with van der Waals surface area (Å²) in [4.78, 5) is 7.32. The van der Waals surface area contributed by atoms with Gasteiger partial charge in [0.15, 0.2) is 22.5 Å². The molecule has 0 bridgehead atoms. The fourth-order valence-electron chi connectivity index (χ4n) is 3.42. The summed E-state index contributed by atoms with van der Waals surface area (Å²) in [5, 5.41) is 16.3. The molecule has 1 atom stereocenters. The van der Waals surface area contributed by atoms with Gasteiger partial charge in [0.25, 0.3) is 0 Å². The second-order valence-corrected chi connectivity index (χ2v) is 9.85. The number of hydrogen-bond donors (Lipinski definition) is 4. The first kappa shape index (κ1) is 26.8. The van der Waals surface area contributed by atoms with Crippen molar-refractivity contribution in [2.24, 2.45) is 5.41 Å². The Kier molecular flexibility index (Phi) is 8.63. The highest BCUT2D eigenvalue weighted by molar-refractivity contribution is 7.80. The number of nitrogens with zero attached hydrogens (tertiary/aromatic N) is 1. The largest absolute Gasteiger partial charge is 0.450 e. The smallest absolute Gasteiger partial charge is 0.198 e. The first-order chi connectivity index (χ1) is 16.5. The van der Waals surface area contributed by atoms with Crippen LogP contribution < -0.4 is 15.4 Å². The number of aliphatic hydroxyl groups excluding tert-OH is 1. The Bertz CT molecular complexity index is 1160. The second kappa shape index (κ2) is 11.3. The number of benzene rings is 1. The van der Waals surface area contributed by atoms with Gasteiger partial charge in [-0.2, -0.15) is 0 Å². The standard InChI is InChI=1S/C25H32F2N4O3S/c1-14(2)17-10-29-23-21(17)20(6-7-28-23)34-22-18(26)8-16(9-19(22)27)31-24(35)30-11-25(5,12-32)13-33-15(3)4/h6-10,14-15,32H,11-13H2,1-5H3,(H,28,29)(H2,30,31,35). The van der Waals surface area contributed by atoms with Crippen LogP contribution in [0.5, 0.6) is 11.5 Å². The number of ether oxygens (including phenoxy) is 2.